The minimum atomic E-state index is -2.44. The molecule has 1 aliphatic rings. The number of nitrogens with one attached hydrogen (secondary N) is 1. The maximum Gasteiger partial charge on any atom is 0.255 e. The zero-order valence-electron chi connectivity index (χ0n) is 10.1. The van der Waals surface area contributed by atoms with Crippen molar-refractivity contribution in [3.8, 4) is 0 Å². The SMILES string of the molecule is CCCN(CC(F)F)C(=O)C1CCCNC1.Cl. The van der Waals surface area contributed by atoms with Gasteiger partial charge in [-0.3, -0.25) is 4.79 Å². The quantitative estimate of drug-likeness (QED) is 0.828. The number of alkyl halides is 2. The molecule has 1 unspecified atom stereocenters. The molecule has 0 bridgehead atoms. The van der Waals surface area contributed by atoms with E-state index < -0.39 is 13.0 Å². The molecule has 0 spiro atoms. The van der Waals surface area contributed by atoms with E-state index in [1.54, 1.807) is 0 Å². The van der Waals surface area contributed by atoms with Gasteiger partial charge >= 0.3 is 0 Å². The lowest BCUT2D eigenvalue weighted by atomic mass is 9.98. The molecule has 1 fully saturated rings. The Hall–Kier alpha value is -0.420. The van der Waals surface area contributed by atoms with Crippen molar-refractivity contribution < 1.29 is 13.6 Å². The molecule has 0 radical (unpaired) electrons. The third kappa shape index (κ3) is 5.64. The molecule has 0 saturated carbocycles. The van der Waals surface area contributed by atoms with Gasteiger partial charge in [0, 0.05) is 13.1 Å². The van der Waals surface area contributed by atoms with E-state index in [1.807, 2.05) is 6.92 Å². The first-order valence-corrected chi connectivity index (χ1v) is 5.92. The number of halogens is 3. The standard InChI is InChI=1S/C11H20F2N2O.ClH/c1-2-6-15(8-10(12)13)11(16)9-4-3-5-14-7-9;/h9-10,14H,2-8H2,1H3;1H. The van der Waals surface area contributed by atoms with Gasteiger partial charge in [-0.25, -0.2) is 8.78 Å². The predicted molar refractivity (Wildman–Crippen MR) is 65.7 cm³/mol. The summed E-state index contributed by atoms with van der Waals surface area (Å²) in [5.74, 6) is -0.228. The Labute approximate surface area is 107 Å². The summed E-state index contributed by atoms with van der Waals surface area (Å²) >= 11 is 0. The first kappa shape index (κ1) is 16.6. The molecule has 1 heterocycles. The van der Waals surface area contributed by atoms with Crippen LogP contribution < -0.4 is 5.32 Å². The van der Waals surface area contributed by atoms with Crippen molar-refractivity contribution in [2.45, 2.75) is 32.6 Å². The summed E-state index contributed by atoms with van der Waals surface area (Å²) in [5.41, 5.74) is 0. The Kier molecular flexibility index (Phi) is 8.43. The second-order valence-corrected chi connectivity index (χ2v) is 4.22. The van der Waals surface area contributed by atoms with E-state index in [0.29, 0.717) is 13.1 Å². The zero-order chi connectivity index (χ0) is 12.0. The van der Waals surface area contributed by atoms with E-state index in [1.165, 1.54) is 4.90 Å². The molecule has 1 saturated heterocycles. The van der Waals surface area contributed by atoms with Crippen LogP contribution in [0, 0.1) is 5.92 Å². The lowest BCUT2D eigenvalue weighted by molar-refractivity contribution is -0.138. The lowest BCUT2D eigenvalue weighted by Gasteiger charge is -2.29. The molecule has 1 atom stereocenters. The van der Waals surface area contributed by atoms with Crippen molar-refractivity contribution in [3.05, 3.63) is 0 Å². The van der Waals surface area contributed by atoms with Crippen LogP contribution in [0.3, 0.4) is 0 Å². The highest BCUT2D eigenvalue weighted by Crippen LogP contribution is 2.14. The maximum atomic E-state index is 12.3. The van der Waals surface area contributed by atoms with Gasteiger partial charge in [0.05, 0.1) is 12.5 Å². The number of amides is 1. The van der Waals surface area contributed by atoms with Gasteiger partial charge in [-0.1, -0.05) is 6.92 Å². The molecule has 1 N–H and O–H groups in total. The molecule has 1 aliphatic heterocycles. The average Bonchev–Trinajstić information content (AvgIpc) is 2.28. The normalized spacial score (nSPS) is 19.9. The first-order chi connectivity index (χ1) is 7.65. The van der Waals surface area contributed by atoms with Crippen molar-refractivity contribution in [1.29, 1.82) is 0 Å². The molecular formula is C11H21ClF2N2O. The van der Waals surface area contributed by atoms with E-state index in [4.69, 9.17) is 0 Å². The minimum absolute atomic E-state index is 0. The fourth-order valence-corrected chi connectivity index (χ4v) is 2.05. The van der Waals surface area contributed by atoms with Crippen LogP contribution in [-0.2, 0) is 4.79 Å². The third-order valence-corrected chi connectivity index (χ3v) is 2.81. The van der Waals surface area contributed by atoms with Gasteiger partial charge in [0.1, 0.15) is 0 Å². The van der Waals surface area contributed by atoms with Gasteiger partial charge in [0.25, 0.3) is 6.43 Å². The van der Waals surface area contributed by atoms with Crippen LogP contribution >= 0.6 is 12.4 Å². The molecule has 0 aromatic carbocycles. The van der Waals surface area contributed by atoms with Crippen LogP contribution in [0.25, 0.3) is 0 Å². The summed E-state index contributed by atoms with van der Waals surface area (Å²) in [6.07, 6.45) is 0.0471. The number of hydrogen-bond donors (Lipinski definition) is 1. The largest absolute Gasteiger partial charge is 0.337 e. The van der Waals surface area contributed by atoms with Crippen LogP contribution in [0.1, 0.15) is 26.2 Å². The fourth-order valence-electron chi connectivity index (χ4n) is 2.05. The van der Waals surface area contributed by atoms with Gasteiger partial charge in [-0.2, -0.15) is 0 Å². The molecule has 17 heavy (non-hydrogen) atoms. The number of piperidine rings is 1. The summed E-state index contributed by atoms with van der Waals surface area (Å²) in [6.45, 7) is 3.45. The van der Waals surface area contributed by atoms with Crippen LogP contribution in [0.2, 0.25) is 0 Å². The molecule has 1 amide bonds. The van der Waals surface area contributed by atoms with Crippen molar-refractivity contribution in [2.24, 2.45) is 5.92 Å². The smallest absolute Gasteiger partial charge is 0.255 e. The van der Waals surface area contributed by atoms with E-state index >= 15 is 0 Å². The lowest BCUT2D eigenvalue weighted by Crippen LogP contribution is -2.45. The highest BCUT2D eigenvalue weighted by atomic mass is 35.5. The van der Waals surface area contributed by atoms with E-state index in [-0.39, 0.29) is 24.2 Å². The number of hydrogen-bond acceptors (Lipinski definition) is 2. The van der Waals surface area contributed by atoms with Crippen LogP contribution in [0.4, 0.5) is 8.78 Å². The second-order valence-electron chi connectivity index (χ2n) is 4.22. The van der Waals surface area contributed by atoms with E-state index in [2.05, 4.69) is 5.32 Å². The zero-order valence-corrected chi connectivity index (χ0v) is 10.9. The molecular weight excluding hydrogens is 250 g/mol. The Balaban J connectivity index is 0.00000256. The summed E-state index contributed by atoms with van der Waals surface area (Å²) < 4.78 is 24.7. The summed E-state index contributed by atoms with van der Waals surface area (Å²) in [7, 11) is 0. The van der Waals surface area contributed by atoms with Gasteiger partial charge in [0.2, 0.25) is 5.91 Å². The van der Waals surface area contributed by atoms with E-state index in [9.17, 15) is 13.6 Å². The Morgan fingerprint density at radius 3 is 2.71 bits per heavy atom. The monoisotopic (exact) mass is 270 g/mol. The summed E-state index contributed by atoms with van der Waals surface area (Å²) in [5, 5.41) is 3.13. The van der Waals surface area contributed by atoms with Crippen LogP contribution in [-0.4, -0.2) is 43.4 Å². The van der Waals surface area contributed by atoms with E-state index in [0.717, 1.165) is 25.8 Å². The molecule has 0 aromatic heterocycles. The highest BCUT2D eigenvalue weighted by Gasteiger charge is 2.26. The van der Waals surface area contributed by atoms with Crippen molar-refractivity contribution in [3.63, 3.8) is 0 Å². The Bertz CT molecular complexity index is 224. The molecule has 0 aliphatic carbocycles. The molecule has 102 valence electrons. The highest BCUT2D eigenvalue weighted by molar-refractivity contribution is 5.85. The van der Waals surface area contributed by atoms with Crippen LogP contribution in [0.15, 0.2) is 0 Å². The predicted octanol–water partition coefficient (Wildman–Crippen LogP) is 1.91. The van der Waals surface area contributed by atoms with Crippen molar-refractivity contribution in [2.75, 3.05) is 26.2 Å². The summed E-state index contributed by atoms with van der Waals surface area (Å²) in [6, 6.07) is 0. The summed E-state index contributed by atoms with van der Waals surface area (Å²) in [4.78, 5) is 13.3. The number of carbonyl (C=O) groups excluding carboxylic acids is 1. The number of carbonyl (C=O) groups is 1. The van der Waals surface area contributed by atoms with Gasteiger partial charge < -0.3 is 10.2 Å². The topological polar surface area (TPSA) is 32.3 Å². The maximum absolute atomic E-state index is 12.3. The molecule has 6 heteroatoms. The second kappa shape index (κ2) is 8.64. The Morgan fingerprint density at radius 2 is 2.24 bits per heavy atom. The first-order valence-electron chi connectivity index (χ1n) is 5.92. The number of rotatable bonds is 5. The third-order valence-electron chi connectivity index (χ3n) is 2.81. The molecule has 0 aromatic rings. The fraction of sp³-hybridized carbons (Fsp3) is 0.909. The van der Waals surface area contributed by atoms with Crippen LogP contribution in [0.5, 0.6) is 0 Å². The Morgan fingerprint density at radius 1 is 1.53 bits per heavy atom. The van der Waals surface area contributed by atoms with Gasteiger partial charge in [-0.05, 0) is 25.8 Å². The molecule has 1 rings (SSSR count). The average molecular weight is 271 g/mol. The van der Waals surface area contributed by atoms with Crippen molar-refractivity contribution >= 4 is 18.3 Å². The van der Waals surface area contributed by atoms with Gasteiger partial charge in [0.15, 0.2) is 0 Å². The van der Waals surface area contributed by atoms with Crippen molar-refractivity contribution in [1.82, 2.24) is 10.2 Å². The molecule has 3 nitrogen and oxygen atoms in total. The van der Waals surface area contributed by atoms with Gasteiger partial charge in [-0.15, -0.1) is 12.4 Å². The minimum Gasteiger partial charge on any atom is -0.337 e. The number of nitrogens with zero attached hydrogens (tertiary/aromatic N) is 1.